The Hall–Kier alpha value is -11.2. The third-order valence-electron chi connectivity index (χ3n) is 15.0. The highest BCUT2D eigenvalue weighted by Gasteiger charge is 2.18. The van der Waals surface area contributed by atoms with Crippen molar-refractivity contribution in [2.75, 3.05) is 44.8 Å². The van der Waals surface area contributed by atoms with Gasteiger partial charge in [-0.15, -0.1) is 56.7 Å². The molecular weight excluding hydrogens is 1750 g/mol. The number of rotatable bonds is 26. The molecule has 12 rings (SSSR count). The molecule has 0 bridgehead atoms. The van der Waals surface area contributed by atoms with E-state index in [0.717, 1.165) is 118 Å². The Balaban J connectivity index is 0.000000251. The second kappa shape index (κ2) is 54.1. The van der Waals surface area contributed by atoms with Gasteiger partial charge in [0.15, 0.2) is 28.9 Å². The average Bonchev–Trinajstić information content (AvgIpc) is 1.67. The summed E-state index contributed by atoms with van der Waals surface area (Å²) in [5.41, 5.74) is 10.5. The van der Waals surface area contributed by atoms with Crippen molar-refractivity contribution in [2.24, 2.45) is 5.73 Å². The third kappa shape index (κ3) is 37.4. The topological polar surface area (TPSA) is 350 Å². The molecule has 120 heavy (non-hydrogen) atoms. The molecule has 12 aromatic rings. The van der Waals surface area contributed by atoms with Crippen LogP contribution in [-0.4, -0.2) is 140 Å². The number of aromatic hydroxyl groups is 2. The lowest BCUT2D eigenvalue weighted by molar-refractivity contribution is -0.131. The maximum Gasteiger partial charge on any atom is 0.499 e. The number of pyridine rings is 2. The molecule has 0 unspecified atom stereocenters. The lowest BCUT2D eigenvalue weighted by atomic mass is 9.90. The van der Waals surface area contributed by atoms with E-state index in [4.69, 9.17) is 44.9 Å². The SMILES string of the molecule is CC(=O)c1ccc(-c2ccccc2O)s1.CC(=O)c1ccc(-c2ccccc2OCCN)s1.CC(=O)c1ccc(-c2ccccc2OCCNC(=O)/C=C/c2cccnc2)s1.CC(=O)c1ccc(B(O)O)s1.CC(C)(C)OC(=O)NCCBr.CCCOc1ccccc1-c1ccc(C(C)=O)s1.O=C(O)/C=C/c1cccnc1.Oc1ccccc1Br. The summed E-state index contributed by atoms with van der Waals surface area (Å²) < 4.78 is 23.3. The molecule has 0 aliphatic rings. The Bertz CT molecular complexity index is 5150. The molecule has 5 aromatic carbocycles. The minimum Gasteiger partial charge on any atom is -0.507 e. The molecule has 30 heteroatoms. The molecule has 7 aromatic heterocycles. The zero-order valence-corrected chi connectivity index (χ0v) is 74.6. The van der Waals surface area contributed by atoms with Crippen molar-refractivity contribution in [1.29, 1.82) is 0 Å². The first-order valence-corrected chi connectivity index (χ1v) is 43.1. The number of aliphatic carboxylic acids is 1. The number of carboxylic acid groups (broad SMARTS) is 1. The molecule has 22 nitrogen and oxygen atoms in total. The number of ether oxygens (including phenoxy) is 4. The maximum absolute atomic E-state index is 11.9. The van der Waals surface area contributed by atoms with Gasteiger partial charge in [-0.05, 0) is 228 Å². The molecule has 0 saturated carbocycles. The number of halogens is 2. The molecule has 0 atom stereocenters. The van der Waals surface area contributed by atoms with Crippen LogP contribution in [0.4, 0.5) is 4.79 Å². The summed E-state index contributed by atoms with van der Waals surface area (Å²) in [6.45, 7) is 18.3. The first-order valence-electron chi connectivity index (χ1n) is 37.1. The first kappa shape index (κ1) is 99.4. The van der Waals surface area contributed by atoms with E-state index in [2.05, 4.69) is 59.4 Å². The van der Waals surface area contributed by atoms with Crippen molar-refractivity contribution in [3.8, 4) is 70.5 Å². The fraction of sp³-hybridized carbons (Fsp3) is 0.200. The Kier molecular flexibility index (Phi) is 44.8. The number of carbonyl (C=O) groups excluding carboxylic acids is 7. The number of hydrogen-bond donors (Lipinski definition) is 8. The molecular formula is C90H94BBr2N5O17S5. The number of alkyl carbamates (subject to hydrolysis) is 1. The van der Waals surface area contributed by atoms with Gasteiger partial charge < -0.3 is 60.7 Å². The van der Waals surface area contributed by atoms with Crippen molar-refractivity contribution in [2.45, 2.75) is 74.3 Å². The summed E-state index contributed by atoms with van der Waals surface area (Å²) in [5.74, 6) is 2.06. The lowest BCUT2D eigenvalue weighted by Crippen LogP contribution is -2.33. The van der Waals surface area contributed by atoms with Crippen molar-refractivity contribution in [3.63, 3.8) is 0 Å². The predicted octanol–water partition coefficient (Wildman–Crippen LogP) is 19.8. The van der Waals surface area contributed by atoms with E-state index in [1.165, 1.54) is 70.5 Å². The zero-order chi connectivity index (χ0) is 87.9. The van der Waals surface area contributed by atoms with E-state index < -0.39 is 18.7 Å². The number of thiophene rings is 5. The second-order valence-corrected chi connectivity index (χ2v) is 32.9. The highest BCUT2D eigenvalue weighted by atomic mass is 79.9. The number of hydrogen-bond acceptors (Lipinski definition) is 24. The molecule has 0 spiro atoms. The van der Waals surface area contributed by atoms with E-state index in [-0.39, 0.29) is 52.4 Å². The number of alkyl halides is 1. The number of Topliss-reactive ketones (excluding diaryl/α,β-unsaturated/α-hetero) is 5. The number of carboxylic acids is 1. The molecule has 9 N–H and O–H groups in total. The van der Waals surface area contributed by atoms with Crippen LogP contribution >= 0.6 is 88.5 Å². The molecule has 0 saturated heterocycles. The van der Waals surface area contributed by atoms with Gasteiger partial charge in [0, 0.05) is 102 Å². The fourth-order valence-corrected chi connectivity index (χ4v) is 14.4. The smallest absolute Gasteiger partial charge is 0.499 e. The highest BCUT2D eigenvalue weighted by molar-refractivity contribution is 9.10. The summed E-state index contributed by atoms with van der Waals surface area (Å²) in [4.78, 5) is 104. The fourth-order valence-electron chi connectivity index (χ4n) is 9.42. The number of nitrogens with zero attached hydrogens (tertiary/aromatic N) is 2. The van der Waals surface area contributed by atoms with Gasteiger partial charge in [-0.25, -0.2) is 9.59 Å². The number of nitrogens with one attached hydrogen (secondary N) is 2. The van der Waals surface area contributed by atoms with Crippen LogP contribution in [0.25, 0.3) is 53.9 Å². The van der Waals surface area contributed by atoms with Gasteiger partial charge in [0.05, 0.1) is 42.0 Å². The Labute approximate surface area is 735 Å². The average molecular weight is 1850 g/mol. The molecule has 0 aliphatic carbocycles. The quantitative estimate of drug-likeness (QED) is 0.00820. The number of amides is 2. The number of benzene rings is 5. The summed E-state index contributed by atoms with van der Waals surface area (Å²) in [5, 5.41) is 50.2. The third-order valence-corrected chi connectivity index (χ3v) is 22.2. The Morgan fingerprint density at radius 2 is 0.850 bits per heavy atom. The maximum atomic E-state index is 11.9. The largest absolute Gasteiger partial charge is 0.507 e. The zero-order valence-electron chi connectivity index (χ0n) is 67.4. The van der Waals surface area contributed by atoms with Crippen LogP contribution in [0, 0.1) is 0 Å². The van der Waals surface area contributed by atoms with Crippen LogP contribution < -0.4 is 35.4 Å². The minimum absolute atomic E-state index is 0.0525. The summed E-state index contributed by atoms with van der Waals surface area (Å²) >= 11 is 13.3. The van der Waals surface area contributed by atoms with E-state index in [1.54, 1.807) is 113 Å². The van der Waals surface area contributed by atoms with Gasteiger partial charge in [0.25, 0.3) is 0 Å². The number of carbonyl (C=O) groups is 8. The van der Waals surface area contributed by atoms with E-state index >= 15 is 0 Å². The number of ketones is 5. The van der Waals surface area contributed by atoms with Crippen LogP contribution in [0.2, 0.25) is 0 Å². The van der Waals surface area contributed by atoms with Crippen molar-refractivity contribution < 1.29 is 82.7 Å². The van der Waals surface area contributed by atoms with Gasteiger partial charge in [-0.3, -0.25) is 38.7 Å². The molecule has 0 fully saturated rings. The number of para-hydroxylation sites is 5. The van der Waals surface area contributed by atoms with Crippen molar-refractivity contribution >= 4 is 159 Å². The Morgan fingerprint density at radius 3 is 1.19 bits per heavy atom. The molecule has 7 heterocycles. The summed E-state index contributed by atoms with van der Waals surface area (Å²) in [6.07, 6.45) is 13.0. The number of phenols is 2. The van der Waals surface area contributed by atoms with Crippen LogP contribution in [-0.2, 0) is 14.3 Å². The minimum atomic E-state index is -1.46. The normalized spacial score (nSPS) is 10.3. The first-order chi connectivity index (χ1) is 57.4. The van der Waals surface area contributed by atoms with Gasteiger partial charge in [-0.1, -0.05) is 102 Å². The van der Waals surface area contributed by atoms with Crippen molar-refractivity contribution in [1.82, 2.24) is 20.6 Å². The van der Waals surface area contributed by atoms with Crippen molar-refractivity contribution in [3.05, 3.63) is 283 Å². The van der Waals surface area contributed by atoms with Crippen LogP contribution in [0.1, 0.15) is 128 Å². The van der Waals surface area contributed by atoms with Crippen LogP contribution in [0.15, 0.2) is 248 Å². The molecule has 0 aliphatic heterocycles. The summed E-state index contributed by atoms with van der Waals surface area (Å²) in [6, 6.07) is 63.0. The monoisotopic (exact) mass is 1850 g/mol. The second-order valence-electron chi connectivity index (χ2n) is 25.8. The van der Waals surface area contributed by atoms with Gasteiger partial charge in [0.2, 0.25) is 5.91 Å². The number of nitrogens with two attached hydrogens (primary N) is 1. The Morgan fingerprint density at radius 1 is 0.467 bits per heavy atom. The highest BCUT2D eigenvalue weighted by Crippen LogP contribution is 2.39. The standard InChI is InChI=1S/C22H20N2O3S.C15H16O2S.C14H15NO2S.C12H10O2S.C8H7NO2.C7H14BrNO2.C6H7BO3S.C6H5BrO/c1-16(25)20-9-10-21(28-20)18-6-2-3-7-19(18)27-14-13-24-22(26)11-8-17-5-4-12-23-15-17;1-3-10-17-13-7-5-4-6-12(13)15-9-8-14(18-15)11(2)16;1-10(16)13-6-7-14(18-13)11-4-2-3-5-12(11)17-9-8-15;1-8(13)11-6-7-12(15-11)9-4-2-3-5-10(9)14;10-8(11)4-3-7-2-1-5-9-6-7;1-7(2,3)11-6(10)9-5-4-8;1-4(8)5-2-3-6(11-5)7(9)10;7-5-3-1-2-4-6(5)8/h2-12,15H,13-14H2,1H3,(H,24,26);4-9H,3,10H2,1-2H3;2-7H,8-9,15H2,1H3;2-7,14H,1H3;1-6H,(H,10,11);4-5H2,1-3H3,(H,9,10);2-3,9-10H,1H3;1-4,8H/b11-8+;;;;4-3+;;;. The van der Waals surface area contributed by atoms with E-state index in [0.29, 0.717) is 54.0 Å². The van der Waals surface area contributed by atoms with E-state index in [9.17, 15) is 43.5 Å². The number of aromatic nitrogens is 2. The molecule has 2 amide bonds. The lowest BCUT2D eigenvalue weighted by Gasteiger charge is -2.19. The van der Waals surface area contributed by atoms with E-state index in [1.807, 2.05) is 166 Å². The van der Waals surface area contributed by atoms with Gasteiger partial charge in [-0.2, -0.15) is 0 Å². The number of phenolic OH excluding ortho intramolecular Hbond substituents is 2. The summed E-state index contributed by atoms with van der Waals surface area (Å²) in [7, 11) is -1.46. The molecule has 0 radical (unpaired) electrons. The predicted molar refractivity (Wildman–Crippen MR) is 492 cm³/mol. The molecule has 628 valence electrons. The van der Waals surface area contributed by atoms with Gasteiger partial charge >= 0.3 is 19.2 Å². The van der Waals surface area contributed by atoms with Crippen LogP contribution in [0.5, 0.6) is 28.7 Å². The van der Waals surface area contributed by atoms with Gasteiger partial charge in [0.1, 0.15) is 47.6 Å². The van der Waals surface area contributed by atoms with Crippen LogP contribution in [0.3, 0.4) is 0 Å².